The first-order valence-electron chi connectivity index (χ1n) is 9.29. The summed E-state index contributed by atoms with van der Waals surface area (Å²) >= 11 is 0. The monoisotopic (exact) mass is 428 g/mol. The van der Waals surface area contributed by atoms with Crippen LogP contribution >= 0.6 is 12.4 Å². The molecule has 5 N–H and O–H groups in total. The molecular weight excluding hydrogens is 406 g/mol. The van der Waals surface area contributed by atoms with E-state index in [9.17, 15) is 14.7 Å². The highest BCUT2D eigenvalue weighted by Crippen LogP contribution is 2.42. The highest BCUT2D eigenvalue weighted by molar-refractivity contribution is 5.99. The van der Waals surface area contributed by atoms with Gasteiger partial charge in [-0.15, -0.1) is 12.4 Å². The average molecular weight is 429 g/mol. The van der Waals surface area contributed by atoms with Gasteiger partial charge in [-0.05, 0) is 31.2 Å². The molecule has 29 heavy (non-hydrogen) atoms. The number of hydrogen-bond donors (Lipinski definition) is 3. The Bertz CT molecular complexity index is 1050. The molecule has 4 rings (SSSR count). The summed E-state index contributed by atoms with van der Waals surface area (Å²) in [6, 6.07) is -0.136. The summed E-state index contributed by atoms with van der Waals surface area (Å²) in [5.41, 5.74) is 9.23. The Morgan fingerprint density at radius 1 is 1.28 bits per heavy atom. The van der Waals surface area contributed by atoms with Gasteiger partial charge in [0.15, 0.2) is 11.6 Å². The summed E-state index contributed by atoms with van der Waals surface area (Å²) < 4.78 is 32.2. The summed E-state index contributed by atoms with van der Waals surface area (Å²) in [6.45, 7) is 3.18. The minimum absolute atomic E-state index is 0. The molecule has 7 nitrogen and oxygen atoms in total. The number of anilines is 2. The lowest BCUT2D eigenvalue weighted by Crippen LogP contribution is -2.27. The molecule has 2 fully saturated rings. The van der Waals surface area contributed by atoms with Gasteiger partial charge in [-0.2, -0.15) is 0 Å². The van der Waals surface area contributed by atoms with E-state index in [1.165, 1.54) is 4.57 Å². The normalized spacial score (nSPS) is 21.4. The van der Waals surface area contributed by atoms with Crippen LogP contribution in [0.4, 0.5) is 20.2 Å². The summed E-state index contributed by atoms with van der Waals surface area (Å²) in [5.74, 6) is -3.12. The molecule has 2 heterocycles. The van der Waals surface area contributed by atoms with Crippen molar-refractivity contribution in [2.24, 2.45) is 17.6 Å². The van der Waals surface area contributed by atoms with Crippen molar-refractivity contribution < 1.29 is 18.7 Å². The first-order chi connectivity index (χ1) is 13.3. The third-order valence-electron chi connectivity index (χ3n) is 5.92. The second-order valence-electron chi connectivity index (χ2n) is 7.81. The van der Waals surface area contributed by atoms with E-state index in [0.717, 1.165) is 19.0 Å². The van der Waals surface area contributed by atoms with Gasteiger partial charge in [0.1, 0.15) is 11.3 Å². The average Bonchev–Trinajstić information content (AvgIpc) is 3.42. The molecule has 1 aromatic carbocycles. The van der Waals surface area contributed by atoms with E-state index in [2.05, 4.69) is 0 Å². The molecule has 0 bridgehead atoms. The van der Waals surface area contributed by atoms with Crippen LogP contribution in [-0.4, -0.2) is 35.3 Å². The number of nitrogens with two attached hydrogens (primary N) is 2. The number of halogens is 3. The van der Waals surface area contributed by atoms with Gasteiger partial charge in [-0.1, -0.05) is 6.92 Å². The Morgan fingerprint density at radius 3 is 2.45 bits per heavy atom. The maximum atomic E-state index is 15.6. The van der Waals surface area contributed by atoms with E-state index < -0.39 is 39.7 Å². The van der Waals surface area contributed by atoms with Crippen molar-refractivity contribution >= 4 is 40.7 Å². The third kappa shape index (κ3) is 3.22. The first-order valence-corrected chi connectivity index (χ1v) is 9.29. The van der Waals surface area contributed by atoms with Crippen LogP contribution in [0.15, 0.2) is 11.0 Å². The Balaban J connectivity index is 0.00000240. The van der Waals surface area contributed by atoms with Gasteiger partial charge in [0.05, 0.1) is 16.6 Å². The topological polar surface area (TPSA) is 115 Å². The number of fused-ring (bicyclic) bond motifs is 1. The zero-order chi connectivity index (χ0) is 20.3. The lowest BCUT2D eigenvalue weighted by Gasteiger charge is -2.23. The van der Waals surface area contributed by atoms with E-state index in [1.807, 2.05) is 6.92 Å². The van der Waals surface area contributed by atoms with E-state index >= 15 is 8.78 Å². The Hall–Kier alpha value is -2.39. The van der Waals surface area contributed by atoms with Crippen molar-refractivity contribution in [1.82, 2.24) is 4.57 Å². The molecule has 2 unspecified atom stereocenters. The van der Waals surface area contributed by atoms with Crippen LogP contribution in [0.2, 0.25) is 0 Å². The molecule has 1 aliphatic heterocycles. The molecule has 1 saturated heterocycles. The number of benzene rings is 1. The van der Waals surface area contributed by atoms with Crippen molar-refractivity contribution in [2.75, 3.05) is 30.3 Å². The van der Waals surface area contributed by atoms with Gasteiger partial charge in [0, 0.05) is 25.3 Å². The molecule has 10 heteroatoms. The van der Waals surface area contributed by atoms with Crippen LogP contribution in [-0.2, 0) is 0 Å². The largest absolute Gasteiger partial charge is 0.477 e. The maximum absolute atomic E-state index is 15.6. The first kappa shape index (κ1) is 21.3. The summed E-state index contributed by atoms with van der Waals surface area (Å²) in [5, 5.41) is 8.92. The summed E-state index contributed by atoms with van der Waals surface area (Å²) in [6.07, 6.45) is 2.59. The summed E-state index contributed by atoms with van der Waals surface area (Å²) in [4.78, 5) is 25.7. The van der Waals surface area contributed by atoms with Gasteiger partial charge in [0.25, 0.3) is 0 Å². The van der Waals surface area contributed by atoms with Gasteiger partial charge < -0.3 is 26.0 Å². The fraction of sp³-hybridized carbons (Fsp3) is 0.474. The third-order valence-corrected chi connectivity index (χ3v) is 5.92. The zero-order valence-corrected chi connectivity index (χ0v) is 16.6. The Kier molecular flexibility index (Phi) is 5.48. The van der Waals surface area contributed by atoms with Crippen LogP contribution in [0.3, 0.4) is 0 Å². The molecule has 2 atom stereocenters. The van der Waals surface area contributed by atoms with Gasteiger partial charge in [0.2, 0.25) is 5.43 Å². The zero-order valence-electron chi connectivity index (χ0n) is 15.8. The van der Waals surface area contributed by atoms with E-state index in [0.29, 0.717) is 19.6 Å². The van der Waals surface area contributed by atoms with Gasteiger partial charge in [-0.25, -0.2) is 13.6 Å². The molecule has 2 aromatic rings. The van der Waals surface area contributed by atoms with Gasteiger partial charge >= 0.3 is 5.97 Å². The van der Waals surface area contributed by atoms with Crippen LogP contribution in [0.1, 0.15) is 36.2 Å². The number of nitrogen functional groups attached to an aromatic ring is 1. The van der Waals surface area contributed by atoms with Crippen LogP contribution < -0.4 is 21.8 Å². The Morgan fingerprint density at radius 2 is 1.93 bits per heavy atom. The molecule has 1 saturated carbocycles. The smallest absolute Gasteiger partial charge is 0.341 e. The number of carboxylic acid groups (broad SMARTS) is 1. The summed E-state index contributed by atoms with van der Waals surface area (Å²) in [7, 11) is 0. The number of rotatable bonds is 4. The van der Waals surface area contributed by atoms with Gasteiger partial charge in [-0.3, -0.25) is 4.79 Å². The number of pyridine rings is 1. The lowest BCUT2D eigenvalue weighted by molar-refractivity contribution is 0.0695. The number of carbonyl (C=O) groups is 1. The van der Waals surface area contributed by atoms with E-state index in [1.54, 1.807) is 4.90 Å². The van der Waals surface area contributed by atoms with Crippen molar-refractivity contribution in [3.63, 3.8) is 0 Å². The SMILES string of the molecule is CC1CN(c2c(F)c(N)c3c(=O)c(C(=O)O)cn(C4CC4)c3c2F)CC1CN.Cl. The van der Waals surface area contributed by atoms with Crippen LogP contribution in [0.5, 0.6) is 0 Å². The van der Waals surface area contributed by atoms with Crippen molar-refractivity contribution in [3.8, 4) is 0 Å². The standard InChI is InChI=1S/C19H22F2N4O3.ClH/c1-8-5-24(6-9(8)4-22)17-13(20)15(23)12-16(14(17)21)25(10-2-3-10)7-11(18(12)26)19(27)28;/h7-10H,2-6,22-23H2,1H3,(H,27,28);1H. The molecule has 1 aromatic heterocycles. The molecular formula is C19H23ClF2N4O3. The quantitative estimate of drug-likeness (QED) is 0.644. The number of hydrogen-bond acceptors (Lipinski definition) is 5. The molecule has 2 aliphatic rings. The number of aromatic nitrogens is 1. The lowest BCUT2D eigenvalue weighted by atomic mass is 9.99. The number of aromatic carboxylic acids is 1. The van der Waals surface area contributed by atoms with E-state index in [4.69, 9.17) is 11.5 Å². The molecule has 0 amide bonds. The van der Waals surface area contributed by atoms with E-state index in [-0.39, 0.29) is 41.5 Å². The predicted octanol–water partition coefficient (Wildman–Crippen LogP) is 2.35. The van der Waals surface area contributed by atoms with Crippen LogP contribution in [0, 0.1) is 23.5 Å². The maximum Gasteiger partial charge on any atom is 0.341 e. The minimum Gasteiger partial charge on any atom is -0.477 e. The molecule has 0 spiro atoms. The predicted molar refractivity (Wildman–Crippen MR) is 109 cm³/mol. The van der Waals surface area contributed by atoms with Crippen molar-refractivity contribution in [3.05, 3.63) is 33.6 Å². The Labute approximate surface area is 171 Å². The molecule has 0 radical (unpaired) electrons. The second-order valence-corrected chi connectivity index (χ2v) is 7.81. The fourth-order valence-electron chi connectivity index (χ4n) is 4.15. The highest BCUT2D eigenvalue weighted by atomic mass is 35.5. The molecule has 158 valence electrons. The van der Waals surface area contributed by atoms with Crippen molar-refractivity contribution in [2.45, 2.75) is 25.8 Å². The highest BCUT2D eigenvalue weighted by Gasteiger charge is 2.36. The number of nitrogens with zero attached hydrogens (tertiary/aromatic N) is 2. The molecule has 1 aliphatic carbocycles. The van der Waals surface area contributed by atoms with Crippen LogP contribution in [0.25, 0.3) is 10.9 Å². The number of carboxylic acids is 1. The second kappa shape index (κ2) is 7.46. The van der Waals surface area contributed by atoms with Crippen molar-refractivity contribution in [1.29, 1.82) is 0 Å². The minimum atomic E-state index is -1.45. The fourth-order valence-corrected chi connectivity index (χ4v) is 4.15.